The zero-order valence-electron chi connectivity index (χ0n) is 17.2. The third kappa shape index (κ3) is 4.23. The smallest absolute Gasteiger partial charge is 0.307 e. The van der Waals surface area contributed by atoms with Gasteiger partial charge in [-0.1, -0.05) is 66.7 Å². The number of hydrogen-bond donors (Lipinski definition) is 1. The number of furan rings is 1. The van der Waals surface area contributed by atoms with Crippen LogP contribution in [0.4, 0.5) is 0 Å². The first-order valence-corrected chi connectivity index (χ1v) is 10.3. The van der Waals surface area contributed by atoms with Crippen LogP contribution in [-0.2, 0) is 6.61 Å². The minimum atomic E-state index is -0.410. The average Bonchev–Trinajstić information content (AvgIpc) is 3.28. The Morgan fingerprint density at radius 1 is 0.844 bits per heavy atom. The quantitative estimate of drug-likeness (QED) is 0.274. The number of hydrogen-bond acceptors (Lipinski definition) is 4. The summed E-state index contributed by atoms with van der Waals surface area (Å²) in [5.41, 5.74) is 5.01. The van der Waals surface area contributed by atoms with E-state index >= 15 is 0 Å². The normalized spacial score (nSPS) is 11.2. The van der Waals surface area contributed by atoms with Crippen molar-refractivity contribution in [3.8, 4) is 5.75 Å². The number of amides is 1. The minimum Gasteiger partial charge on any atom is -0.488 e. The van der Waals surface area contributed by atoms with Crippen molar-refractivity contribution < 1.29 is 13.9 Å². The summed E-state index contributed by atoms with van der Waals surface area (Å²) in [4.78, 5) is 12.4. The molecule has 0 bridgehead atoms. The van der Waals surface area contributed by atoms with Gasteiger partial charge in [0, 0.05) is 10.9 Å². The molecule has 0 unspecified atom stereocenters. The summed E-state index contributed by atoms with van der Waals surface area (Å²) in [6.45, 7) is 0.432. The largest absolute Gasteiger partial charge is 0.488 e. The Morgan fingerprint density at radius 2 is 1.59 bits per heavy atom. The highest BCUT2D eigenvalue weighted by atomic mass is 16.5. The Kier molecular flexibility index (Phi) is 5.37. The van der Waals surface area contributed by atoms with Gasteiger partial charge >= 0.3 is 5.91 Å². The molecule has 0 fully saturated rings. The lowest BCUT2D eigenvalue weighted by atomic mass is 10.1. The summed E-state index contributed by atoms with van der Waals surface area (Å²) in [5.74, 6) is 0.485. The van der Waals surface area contributed by atoms with E-state index in [0.29, 0.717) is 17.9 Å². The number of nitrogens with one attached hydrogen (secondary N) is 1. The monoisotopic (exact) mass is 420 g/mol. The van der Waals surface area contributed by atoms with Crippen LogP contribution in [-0.4, -0.2) is 12.1 Å². The fourth-order valence-electron chi connectivity index (χ4n) is 3.52. The van der Waals surface area contributed by atoms with E-state index in [-0.39, 0.29) is 5.76 Å². The average molecular weight is 420 g/mol. The number of carbonyl (C=O) groups is 1. The fourth-order valence-corrected chi connectivity index (χ4v) is 3.52. The third-order valence-corrected chi connectivity index (χ3v) is 5.15. The van der Waals surface area contributed by atoms with Crippen molar-refractivity contribution in [2.24, 2.45) is 5.10 Å². The summed E-state index contributed by atoms with van der Waals surface area (Å²) in [5, 5.41) is 7.33. The standard InChI is InChI=1S/C27H20N2O3/c30-27(26-16-22-9-3-6-12-25(22)32-26)29-28-17-23-10-4-5-11-24(23)31-18-19-13-14-20-7-1-2-8-21(20)15-19/h1-17H,18H2,(H,29,30)/b28-17+. The molecule has 5 heteroatoms. The van der Waals surface area contributed by atoms with E-state index < -0.39 is 5.91 Å². The number of ether oxygens (including phenoxy) is 1. The van der Waals surface area contributed by atoms with Gasteiger partial charge in [-0.2, -0.15) is 5.10 Å². The molecule has 32 heavy (non-hydrogen) atoms. The van der Waals surface area contributed by atoms with Crippen LogP contribution in [0.5, 0.6) is 5.75 Å². The molecule has 5 nitrogen and oxygen atoms in total. The van der Waals surface area contributed by atoms with Gasteiger partial charge in [0.15, 0.2) is 5.76 Å². The van der Waals surface area contributed by atoms with Crippen LogP contribution in [0.2, 0.25) is 0 Å². The van der Waals surface area contributed by atoms with Gasteiger partial charge in [-0.15, -0.1) is 0 Å². The van der Waals surface area contributed by atoms with Crippen LogP contribution < -0.4 is 10.2 Å². The minimum absolute atomic E-state index is 0.212. The van der Waals surface area contributed by atoms with Crippen molar-refractivity contribution in [2.75, 3.05) is 0 Å². The van der Waals surface area contributed by atoms with Crippen molar-refractivity contribution in [3.63, 3.8) is 0 Å². The summed E-state index contributed by atoms with van der Waals surface area (Å²) in [6, 6.07) is 31.2. The lowest BCUT2D eigenvalue weighted by Gasteiger charge is -2.10. The van der Waals surface area contributed by atoms with Gasteiger partial charge in [0.05, 0.1) is 6.21 Å². The number of hydrazone groups is 1. The van der Waals surface area contributed by atoms with E-state index in [1.165, 1.54) is 10.8 Å². The molecule has 5 aromatic rings. The number of fused-ring (bicyclic) bond motifs is 2. The highest BCUT2D eigenvalue weighted by Crippen LogP contribution is 2.21. The molecule has 4 aromatic carbocycles. The van der Waals surface area contributed by atoms with Crippen molar-refractivity contribution in [1.29, 1.82) is 0 Å². The molecule has 1 amide bonds. The second-order valence-electron chi connectivity index (χ2n) is 7.36. The van der Waals surface area contributed by atoms with Crippen molar-refractivity contribution in [2.45, 2.75) is 6.61 Å². The molecule has 156 valence electrons. The fraction of sp³-hybridized carbons (Fsp3) is 0.0370. The number of nitrogens with zero attached hydrogens (tertiary/aromatic N) is 1. The van der Waals surface area contributed by atoms with E-state index in [2.05, 4.69) is 40.9 Å². The van der Waals surface area contributed by atoms with Gasteiger partial charge in [-0.05, 0) is 46.7 Å². The van der Waals surface area contributed by atoms with Gasteiger partial charge in [0.25, 0.3) is 0 Å². The van der Waals surface area contributed by atoms with Crippen LogP contribution in [0.1, 0.15) is 21.7 Å². The van der Waals surface area contributed by atoms with Gasteiger partial charge in [0.2, 0.25) is 0 Å². The predicted octanol–water partition coefficient (Wildman–Crippen LogP) is 5.93. The second kappa shape index (κ2) is 8.78. The van der Waals surface area contributed by atoms with Crippen LogP contribution in [0.15, 0.2) is 107 Å². The number of carbonyl (C=O) groups excluding carboxylic acids is 1. The van der Waals surface area contributed by atoms with Crippen molar-refractivity contribution in [1.82, 2.24) is 5.43 Å². The Morgan fingerprint density at radius 3 is 2.47 bits per heavy atom. The van der Waals surface area contributed by atoms with Gasteiger partial charge < -0.3 is 9.15 Å². The zero-order valence-corrected chi connectivity index (χ0v) is 17.2. The maximum Gasteiger partial charge on any atom is 0.307 e. The Bertz CT molecular complexity index is 1400. The first-order chi connectivity index (χ1) is 15.8. The zero-order chi connectivity index (χ0) is 21.8. The van der Waals surface area contributed by atoms with E-state index in [1.807, 2.05) is 60.7 Å². The third-order valence-electron chi connectivity index (χ3n) is 5.15. The van der Waals surface area contributed by atoms with Crippen LogP contribution in [0, 0.1) is 0 Å². The summed E-state index contributed by atoms with van der Waals surface area (Å²) in [6.07, 6.45) is 1.57. The summed E-state index contributed by atoms with van der Waals surface area (Å²) in [7, 11) is 0. The molecule has 0 aliphatic carbocycles. The van der Waals surface area contributed by atoms with Crippen LogP contribution in [0.3, 0.4) is 0 Å². The second-order valence-corrected chi connectivity index (χ2v) is 7.36. The van der Waals surface area contributed by atoms with E-state index in [1.54, 1.807) is 12.3 Å². The first kappa shape index (κ1) is 19.6. The molecule has 5 rings (SSSR count). The molecular weight excluding hydrogens is 400 g/mol. The number of benzene rings is 4. The predicted molar refractivity (Wildman–Crippen MR) is 126 cm³/mol. The van der Waals surface area contributed by atoms with Gasteiger partial charge in [0.1, 0.15) is 17.9 Å². The molecule has 0 aliphatic rings. The van der Waals surface area contributed by atoms with Crippen LogP contribution in [0.25, 0.3) is 21.7 Å². The Labute approximate surface area is 184 Å². The summed E-state index contributed by atoms with van der Waals surface area (Å²) < 4.78 is 11.6. The van der Waals surface area contributed by atoms with Crippen molar-refractivity contribution >= 4 is 33.9 Å². The SMILES string of the molecule is O=C(N/N=C/c1ccccc1OCc1ccc2ccccc2c1)c1cc2ccccc2o1. The molecule has 0 atom stereocenters. The van der Waals surface area contributed by atoms with Gasteiger partial charge in [-0.25, -0.2) is 5.43 Å². The van der Waals surface area contributed by atoms with Crippen LogP contribution >= 0.6 is 0 Å². The lowest BCUT2D eigenvalue weighted by molar-refractivity contribution is 0.0929. The molecule has 0 saturated heterocycles. The summed E-state index contributed by atoms with van der Waals surface area (Å²) >= 11 is 0. The van der Waals surface area contributed by atoms with E-state index in [0.717, 1.165) is 16.5 Å². The van der Waals surface area contributed by atoms with Gasteiger partial charge in [-0.3, -0.25) is 4.79 Å². The molecular formula is C27H20N2O3. The topological polar surface area (TPSA) is 63.8 Å². The van der Waals surface area contributed by atoms with Crippen molar-refractivity contribution in [3.05, 3.63) is 114 Å². The Hall–Kier alpha value is -4.38. The first-order valence-electron chi connectivity index (χ1n) is 10.3. The highest BCUT2D eigenvalue weighted by molar-refractivity contribution is 5.96. The molecule has 1 aromatic heterocycles. The maximum absolute atomic E-state index is 12.4. The lowest BCUT2D eigenvalue weighted by Crippen LogP contribution is -2.16. The molecule has 1 heterocycles. The highest BCUT2D eigenvalue weighted by Gasteiger charge is 2.11. The van der Waals surface area contributed by atoms with E-state index in [9.17, 15) is 4.79 Å². The Balaban J connectivity index is 1.26. The molecule has 0 radical (unpaired) electrons. The molecule has 1 N–H and O–H groups in total. The molecule has 0 aliphatic heterocycles. The maximum atomic E-state index is 12.4. The molecule has 0 spiro atoms. The van der Waals surface area contributed by atoms with E-state index in [4.69, 9.17) is 9.15 Å². The number of para-hydroxylation sites is 2. The number of rotatable bonds is 6. The molecule has 0 saturated carbocycles.